The van der Waals surface area contributed by atoms with Crippen molar-refractivity contribution in [1.29, 1.82) is 0 Å². The number of hydrogen-bond donors (Lipinski definition) is 2. The van der Waals surface area contributed by atoms with Crippen LogP contribution in [0.3, 0.4) is 0 Å². The van der Waals surface area contributed by atoms with E-state index in [-0.39, 0.29) is 11.2 Å². The van der Waals surface area contributed by atoms with Gasteiger partial charge in [-0.15, -0.1) is 0 Å². The highest BCUT2D eigenvalue weighted by Crippen LogP contribution is 2.20. The fourth-order valence-corrected chi connectivity index (χ4v) is 0.761. The van der Waals surface area contributed by atoms with Gasteiger partial charge in [0.2, 0.25) is 0 Å². The van der Waals surface area contributed by atoms with Crippen LogP contribution in [0.5, 0.6) is 0 Å². The van der Waals surface area contributed by atoms with Crippen LogP contribution in [0.25, 0.3) is 0 Å². The third-order valence-corrected chi connectivity index (χ3v) is 1.70. The molecule has 11 heavy (non-hydrogen) atoms. The molecule has 3 heteroatoms. The Kier molecular flexibility index (Phi) is 3.20. The van der Waals surface area contributed by atoms with E-state index in [1.54, 1.807) is 0 Å². The molecule has 0 spiro atoms. The summed E-state index contributed by atoms with van der Waals surface area (Å²) >= 11 is 0. The molecule has 0 aliphatic rings. The van der Waals surface area contributed by atoms with E-state index in [9.17, 15) is 9.90 Å². The summed E-state index contributed by atoms with van der Waals surface area (Å²) in [5.41, 5.74) is 5.12. The van der Waals surface area contributed by atoms with Gasteiger partial charge in [-0.25, -0.2) is 0 Å². The van der Waals surface area contributed by atoms with Crippen molar-refractivity contribution in [3.05, 3.63) is 0 Å². The van der Waals surface area contributed by atoms with Gasteiger partial charge in [0.15, 0.2) is 0 Å². The van der Waals surface area contributed by atoms with Crippen molar-refractivity contribution in [3.8, 4) is 0 Å². The van der Waals surface area contributed by atoms with Gasteiger partial charge in [-0.05, 0) is 12.3 Å². The lowest BCUT2D eigenvalue weighted by Gasteiger charge is -2.29. The van der Waals surface area contributed by atoms with Gasteiger partial charge >= 0.3 is 0 Å². The molecule has 0 aromatic rings. The highest BCUT2D eigenvalue weighted by Gasteiger charge is 2.30. The molecule has 0 aromatic carbocycles. The van der Waals surface area contributed by atoms with Crippen LogP contribution in [0.4, 0.5) is 0 Å². The summed E-state index contributed by atoms with van der Waals surface area (Å²) < 4.78 is 0. The Hall–Kier alpha value is -0.410. The van der Waals surface area contributed by atoms with E-state index < -0.39 is 12.1 Å². The number of ketones is 1. The minimum Gasteiger partial charge on any atom is -0.390 e. The summed E-state index contributed by atoms with van der Waals surface area (Å²) in [6.07, 6.45) is -0.764. The number of Topliss-reactive ketones (excluding diaryl/α,β-unsaturated/α-hetero) is 1. The first-order valence-electron chi connectivity index (χ1n) is 3.71. The minimum atomic E-state index is -0.764. The molecule has 0 aliphatic carbocycles. The van der Waals surface area contributed by atoms with Crippen LogP contribution in [-0.4, -0.2) is 23.0 Å². The summed E-state index contributed by atoms with van der Waals surface area (Å²) in [7, 11) is 0. The molecule has 0 amide bonds. The van der Waals surface area contributed by atoms with Crippen LogP contribution in [-0.2, 0) is 4.79 Å². The molecule has 0 fully saturated rings. The average molecular weight is 159 g/mol. The van der Waals surface area contributed by atoms with Crippen molar-refractivity contribution in [2.75, 3.05) is 0 Å². The third kappa shape index (κ3) is 2.99. The Morgan fingerprint density at radius 1 is 1.45 bits per heavy atom. The SMILES string of the molecule is CC(=O)[C@@H](N)[C@H](O)C(C)(C)C. The van der Waals surface area contributed by atoms with E-state index in [2.05, 4.69) is 0 Å². The number of hydrogen-bond acceptors (Lipinski definition) is 3. The third-order valence-electron chi connectivity index (χ3n) is 1.70. The second-order valence-electron chi connectivity index (χ2n) is 3.95. The number of carbonyl (C=O) groups is 1. The monoisotopic (exact) mass is 159 g/mol. The Bertz CT molecular complexity index is 149. The lowest BCUT2D eigenvalue weighted by atomic mass is 9.84. The number of rotatable bonds is 2. The zero-order chi connectivity index (χ0) is 9.23. The summed E-state index contributed by atoms with van der Waals surface area (Å²) in [5, 5.41) is 9.48. The van der Waals surface area contributed by atoms with Crippen molar-refractivity contribution in [2.45, 2.75) is 39.8 Å². The van der Waals surface area contributed by atoms with Crippen molar-refractivity contribution in [2.24, 2.45) is 11.1 Å². The summed E-state index contributed by atoms with van der Waals surface area (Å²) in [5.74, 6) is -0.174. The summed E-state index contributed by atoms with van der Waals surface area (Å²) in [4.78, 5) is 10.7. The maximum Gasteiger partial charge on any atom is 0.149 e. The number of carbonyl (C=O) groups excluding carboxylic acids is 1. The van der Waals surface area contributed by atoms with Crippen molar-refractivity contribution >= 4 is 5.78 Å². The van der Waals surface area contributed by atoms with Crippen molar-refractivity contribution in [1.82, 2.24) is 0 Å². The van der Waals surface area contributed by atoms with Crippen LogP contribution < -0.4 is 5.73 Å². The van der Waals surface area contributed by atoms with Gasteiger partial charge in [-0.3, -0.25) is 4.79 Å². The van der Waals surface area contributed by atoms with Crippen LogP contribution >= 0.6 is 0 Å². The van der Waals surface area contributed by atoms with E-state index in [4.69, 9.17) is 5.73 Å². The Labute approximate surface area is 67.6 Å². The zero-order valence-electron chi connectivity index (χ0n) is 7.59. The van der Waals surface area contributed by atoms with Crippen molar-refractivity contribution < 1.29 is 9.90 Å². The molecule has 0 aromatic heterocycles. The molecule has 2 atom stereocenters. The minimum absolute atomic E-state index is 0.174. The van der Waals surface area contributed by atoms with Gasteiger partial charge in [0.1, 0.15) is 5.78 Å². The topological polar surface area (TPSA) is 63.3 Å². The molecule has 0 bridgehead atoms. The van der Waals surface area contributed by atoms with Gasteiger partial charge in [0.05, 0.1) is 12.1 Å². The quantitative estimate of drug-likeness (QED) is 0.609. The Morgan fingerprint density at radius 3 is 1.91 bits per heavy atom. The lowest BCUT2D eigenvalue weighted by Crippen LogP contribution is -2.47. The summed E-state index contributed by atoms with van der Waals surface area (Å²) in [6, 6.07) is -0.755. The number of aliphatic hydroxyl groups excluding tert-OH is 1. The molecule has 3 N–H and O–H groups in total. The van der Waals surface area contributed by atoms with E-state index >= 15 is 0 Å². The van der Waals surface area contributed by atoms with E-state index in [1.807, 2.05) is 20.8 Å². The highest BCUT2D eigenvalue weighted by molar-refractivity contribution is 5.81. The normalized spacial score (nSPS) is 17.6. The standard InChI is InChI=1S/C8H17NO2/c1-5(10)6(9)7(11)8(2,3)4/h6-7,11H,9H2,1-4H3/t6-,7+/m1/s1. The van der Waals surface area contributed by atoms with Gasteiger partial charge in [0, 0.05) is 0 Å². The first-order chi connectivity index (χ1) is 4.76. The predicted octanol–water partition coefficient (Wildman–Crippen LogP) is 0.310. The van der Waals surface area contributed by atoms with Crippen molar-refractivity contribution in [3.63, 3.8) is 0 Å². The zero-order valence-corrected chi connectivity index (χ0v) is 7.59. The van der Waals surface area contributed by atoms with Crippen LogP contribution in [0.2, 0.25) is 0 Å². The van der Waals surface area contributed by atoms with Gasteiger partial charge in [-0.1, -0.05) is 20.8 Å². The van der Waals surface area contributed by atoms with E-state index in [0.717, 1.165) is 0 Å². The van der Waals surface area contributed by atoms with Gasteiger partial charge in [-0.2, -0.15) is 0 Å². The maximum absolute atomic E-state index is 10.7. The van der Waals surface area contributed by atoms with E-state index in [1.165, 1.54) is 6.92 Å². The smallest absolute Gasteiger partial charge is 0.149 e. The maximum atomic E-state index is 10.7. The molecule has 0 rings (SSSR count). The first kappa shape index (κ1) is 10.6. The van der Waals surface area contributed by atoms with E-state index in [0.29, 0.717) is 0 Å². The number of aliphatic hydroxyl groups is 1. The van der Waals surface area contributed by atoms with Crippen LogP contribution in [0.1, 0.15) is 27.7 Å². The van der Waals surface area contributed by atoms with Crippen LogP contribution in [0, 0.1) is 5.41 Å². The van der Waals surface area contributed by atoms with Crippen LogP contribution in [0.15, 0.2) is 0 Å². The first-order valence-corrected chi connectivity index (χ1v) is 3.71. The molecule has 0 unspecified atom stereocenters. The van der Waals surface area contributed by atoms with Gasteiger partial charge < -0.3 is 10.8 Å². The Morgan fingerprint density at radius 2 is 1.82 bits per heavy atom. The summed E-state index contributed by atoms with van der Waals surface area (Å²) in [6.45, 7) is 6.93. The second-order valence-corrected chi connectivity index (χ2v) is 3.95. The molecule has 0 saturated carbocycles. The average Bonchev–Trinajstić information content (AvgIpc) is 1.82. The fourth-order valence-electron chi connectivity index (χ4n) is 0.761. The number of nitrogens with two attached hydrogens (primary N) is 1. The van der Waals surface area contributed by atoms with Gasteiger partial charge in [0.25, 0.3) is 0 Å². The molecule has 0 radical (unpaired) electrons. The largest absolute Gasteiger partial charge is 0.390 e. The molecule has 0 saturated heterocycles. The fraction of sp³-hybridized carbons (Fsp3) is 0.875. The molecule has 3 nitrogen and oxygen atoms in total. The molecule has 0 heterocycles. The molecular formula is C8H17NO2. The molecule has 66 valence electrons. The highest BCUT2D eigenvalue weighted by atomic mass is 16.3. The Balaban J connectivity index is 4.25. The molecular weight excluding hydrogens is 142 g/mol. The lowest BCUT2D eigenvalue weighted by molar-refractivity contribution is -0.122. The second kappa shape index (κ2) is 3.32. The predicted molar refractivity (Wildman–Crippen MR) is 44.1 cm³/mol. The molecule has 0 aliphatic heterocycles.